The van der Waals surface area contributed by atoms with Crippen molar-refractivity contribution in [2.24, 2.45) is 5.10 Å². The van der Waals surface area contributed by atoms with Crippen LogP contribution >= 0.6 is 34.8 Å². The van der Waals surface area contributed by atoms with Crippen LogP contribution in [0.5, 0.6) is 0 Å². The maximum Gasteiger partial charge on any atom is 0.356 e. The number of hydrogen-bond acceptors (Lipinski definition) is 4. The molecule has 108 valence electrons. The number of benzene rings is 1. The van der Waals surface area contributed by atoms with Gasteiger partial charge in [-0.25, -0.2) is 9.78 Å². The van der Waals surface area contributed by atoms with E-state index in [1.165, 1.54) is 6.21 Å². The first-order valence-electron chi connectivity index (χ1n) is 5.62. The largest absolute Gasteiger partial charge is 0.476 e. The van der Waals surface area contributed by atoms with Crippen molar-refractivity contribution in [2.45, 2.75) is 0 Å². The Morgan fingerprint density at radius 1 is 1.19 bits per heavy atom. The van der Waals surface area contributed by atoms with Crippen LogP contribution in [0.4, 0.5) is 5.69 Å². The van der Waals surface area contributed by atoms with Crippen molar-refractivity contribution in [1.29, 1.82) is 0 Å². The number of anilines is 1. The zero-order valence-corrected chi connectivity index (χ0v) is 12.6. The molecule has 0 spiro atoms. The summed E-state index contributed by atoms with van der Waals surface area (Å²) in [6.07, 6.45) is 1.53. The van der Waals surface area contributed by atoms with Gasteiger partial charge in [0.1, 0.15) is 10.0 Å². The Bertz CT molecular complexity index is 706. The van der Waals surface area contributed by atoms with Gasteiger partial charge in [-0.05, 0) is 5.56 Å². The third-order valence-corrected chi connectivity index (χ3v) is 3.54. The Labute approximate surface area is 135 Å². The second-order valence-corrected chi connectivity index (χ2v) is 4.95. The highest BCUT2D eigenvalue weighted by Crippen LogP contribution is 2.36. The number of nitrogens with zero attached hydrogens (tertiary/aromatic N) is 2. The maximum atomic E-state index is 11.0. The van der Waals surface area contributed by atoms with Crippen molar-refractivity contribution in [3.63, 3.8) is 0 Å². The fourth-order valence-corrected chi connectivity index (χ4v) is 2.13. The van der Waals surface area contributed by atoms with Crippen LogP contribution in [0, 0.1) is 0 Å². The zero-order valence-electron chi connectivity index (χ0n) is 10.3. The molecule has 0 radical (unpaired) electrons. The van der Waals surface area contributed by atoms with Gasteiger partial charge in [0.25, 0.3) is 0 Å². The van der Waals surface area contributed by atoms with Gasteiger partial charge < -0.3 is 5.11 Å². The molecule has 0 saturated carbocycles. The van der Waals surface area contributed by atoms with E-state index >= 15 is 0 Å². The van der Waals surface area contributed by atoms with Crippen molar-refractivity contribution in [3.8, 4) is 0 Å². The second-order valence-electron chi connectivity index (χ2n) is 3.84. The Hall–Kier alpha value is -1.82. The summed E-state index contributed by atoms with van der Waals surface area (Å²) < 4.78 is 0. The number of aromatic nitrogens is 1. The molecule has 2 aromatic rings. The summed E-state index contributed by atoms with van der Waals surface area (Å²) in [6, 6.07) is 9.27. The Balaban J connectivity index is 2.31. The molecule has 0 amide bonds. The number of nitrogens with one attached hydrogen (secondary N) is 1. The van der Waals surface area contributed by atoms with Gasteiger partial charge in [-0.2, -0.15) is 5.10 Å². The number of carboxylic acid groups (broad SMARTS) is 1. The summed E-state index contributed by atoms with van der Waals surface area (Å²) in [6.45, 7) is 0. The van der Waals surface area contributed by atoms with Gasteiger partial charge in [0.2, 0.25) is 0 Å². The third-order valence-electron chi connectivity index (χ3n) is 2.43. The molecular weight excluding hydrogens is 337 g/mol. The number of halogens is 3. The van der Waals surface area contributed by atoms with Gasteiger partial charge in [0.15, 0.2) is 10.8 Å². The van der Waals surface area contributed by atoms with E-state index in [0.29, 0.717) is 0 Å². The minimum Gasteiger partial charge on any atom is -0.476 e. The number of pyridine rings is 1. The van der Waals surface area contributed by atoms with E-state index < -0.39 is 11.7 Å². The first-order chi connectivity index (χ1) is 10.0. The monoisotopic (exact) mass is 343 g/mol. The molecule has 1 aromatic carbocycles. The van der Waals surface area contributed by atoms with Crippen LogP contribution in [0.1, 0.15) is 16.1 Å². The molecule has 2 rings (SSSR count). The average molecular weight is 345 g/mol. The highest BCUT2D eigenvalue weighted by Gasteiger charge is 2.20. The summed E-state index contributed by atoms with van der Waals surface area (Å²) in [7, 11) is 0. The predicted molar refractivity (Wildman–Crippen MR) is 83.9 cm³/mol. The molecular formula is C13H8Cl3N3O2. The standard InChI is InChI=1S/C13H8Cl3N3O2/c14-8-10(9(15)12(16)18-11(8)13(20)21)19-17-6-7-4-2-1-3-5-7/h1-6H,(H,18,19)(H,20,21)/b17-6-. The lowest BCUT2D eigenvalue weighted by Gasteiger charge is -2.09. The van der Waals surface area contributed by atoms with E-state index in [1.807, 2.05) is 30.3 Å². The number of rotatable bonds is 4. The number of hydrogen-bond donors (Lipinski definition) is 2. The molecule has 0 saturated heterocycles. The van der Waals surface area contributed by atoms with Crippen LogP contribution in [0.25, 0.3) is 0 Å². The van der Waals surface area contributed by atoms with Crippen LogP contribution in [0.3, 0.4) is 0 Å². The lowest BCUT2D eigenvalue weighted by atomic mass is 10.2. The molecule has 21 heavy (non-hydrogen) atoms. The SMILES string of the molecule is O=C(O)c1nc(Cl)c(Cl)c(N/N=C\c2ccccc2)c1Cl. The smallest absolute Gasteiger partial charge is 0.356 e. The highest BCUT2D eigenvalue weighted by atomic mass is 35.5. The van der Waals surface area contributed by atoms with Crippen LogP contribution in [-0.4, -0.2) is 22.3 Å². The quantitative estimate of drug-likeness (QED) is 0.495. The van der Waals surface area contributed by atoms with E-state index in [2.05, 4.69) is 15.5 Å². The summed E-state index contributed by atoms with van der Waals surface area (Å²) >= 11 is 17.7. The molecule has 0 aliphatic carbocycles. The topological polar surface area (TPSA) is 74.6 Å². The van der Waals surface area contributed by atoms with Crippen LogP contribution in [-0.2, 0) is 0 Å². The number of carboxylic acids is 1. The first kappa shape index (κ1) is 15.6. The van der Waals surface area contributed by atoms with Crippen molar-refractivity contribution < 1.29 is 9.90 Å². The Morgan fingerprint density at radius 3 is 2.48 bits per heavy atom. The maximum absolute atomic E-state index is 11.0. The number of aromatic carboxylic acids is 1. The van der Waals surface area contributed by atoms with E-state index in [9.17, 15) is 4.79 Å². The summed E-state index contributed by atoms with van der Waals surface area (Å²) in [5.74, 6) is -1.31. The van der Waals surface area contributed by atoms with Crippen LogP contribution < -0.4 is 5.43 Å². The second kappa shape index (κ2) is 6.76. The van der Waals surface area contributed by atoms with Gasteiger partial charge >= 0.3 is 5.97 Å². The van der Waals surface area contributed by atoms with E-state index in [-0.39, 0.29) is 20.9 Å². The third kappa shape index (κ3) is 3.64. The fourth-order valence-electron chi connectivity index (χ4n) is 1.46. The van der Waals surface area contributed by atoms with E-state index in [0.717, 1.165) is 5.56 Å². The van der Waals surface area contributed by atoms with E-state index in [4.69, 9.17) is 39.9 Å². The van der Waals surface area contributed by atoms with Crippen molar-refractivity contribution in [1.82, 2.24) is 4.98 Å². The molecule has 2 N–H and O–H groups in total. The van der Waals surface area contributed by atoms with Crippen LogP contribution in [0.15, 0.2) is 35.4 Å². The lowest BCUT2D eigenvalue weighted by molar-refractivity contribution is 0.0691. The van der Waals surface area contributed by atoms with Crippen molar-refractivity contribution in [3.05, 3.63) is 56.8 Å². The zero-order chi connectivity index (χ0) is 15.4. The van der Waals surface area contributed by atoms with Crippen molar-refractivity contribution in [2.75, 3.05) is 5.43 Å². The highest BCUT2D eigenvalue weighted by molar-refractivity contribution is 6.46. The average Bonchev–Trinajstić information content (AvgIpc) is 2.47. The summed E-state index contributed by atoms with van der Waals surface area (Å²) in [5, 5.41) is 12.6. The van der Waals surface area contributed by atoms with Gasteiger partial charge in [0.05, 0.1) is 11.9 Å². The molecule has 0 unspecified atom stereocenters. The van der Waals surface area contributed by atoms with Gasteiger partial charge in [-0.15, -0.1) is 0 Å². The first-order valence-corrected chi connectivity index (χ1v) is 6.76. The number of hydrazone groups is 1. The van der Waals surface area contributed by atoms with Gasteiger partial charge in [-0.1, -0.05) is 65.1 Å². The Kier molecular flexibility index (Phi) is 5.01. The summed E-state index contributed by atoms with van der Waals surface area (Å²) in [4.78, 5) is 14.6. The molecule has 0 bridgehead atoms. The van der Waals surface area contributed by atoms with Crippen molar-refractivity contribution >= 4 is 52.7 Å². The molecule has 0 aliphatic rings. The molecule has 8 heteroatoms. The molecule has 1 heterocycles. The number of carbonyl (C=O) groups is 1. The molecule has 0 atom stereocenters. The molecule has 5 nitrogen and oxygen atoms in total. The predicted octanol–water partition coefficient (Wildman–Crippen LogP) is 4.19. The normalized spacial score (nSPS) is 10.8. The minimum absolute atomic E-state index is 0.00289. The van der Waals surface area contributed by atoms with Gasteiger partial charge in [-0.3, -0.25) is 5.43 Å². The molecule has 0 fully saturated rings. The van der Waals surface area contributed by atoms with Crippen LogP contribution in [0.2, 0.25) is 15.2 Å². The fraction of sp³-hybridized carbons (Fsp3) is 0. The lowest BCUT2D eigenvalue weighted by Crippen LogP contribution is -2.05. The molecule has 0 aliphatic heterocycles. The van der Waals surface area contributed by atoms with Gasteiger partial charge in [0, 0.05) is 0 Å². The minimum atomic E-state index is -1.31. The Morgan fingerprint density at radius 2 is 1.86 bits per heavy atom. The van der Waals surface area contributed by atoms with E-state index in [1.54, 1.807) is 0 Å². The molecule has 1 aromatic heterocycles. The summed E-state index contributed by atoms with van der Waals surface area (Å²) in [5.41, 5.74) is 3.11.